The highest BCUT2D eigenvalue weighted by molar-refractivity contribution is 5.97. The Balaban J connectivity index is 4.27. The van der Waals surface area contributed by atoms with Crippen LogP contribution >= 0.6 is 0 Å². The van der Waals surface area contributed by atoms with Crippen LogP contribution in [-0.4, -0.2) is 30.1 Å². The van der Waals surface area contributed by atoms with E-state index in [4.69, 9.17) is 5.21 Å². The van der Waals surface area contributed by atoms with Gasteiger partial charge in [-0.25, -0.2) is 5.48 Å². The van der Waals surface area contributed by atoms with Crippen molar-refractivity contribution < 1.29 is 24.4 Å². The molecule has 0 atom stereocenters. The van der Waals surface area contributed by atoms with Gasteiger partial charge in [0.15, 0.2) is 0 Å². The van der Waals surface area contributed by atoms with Crippen LogP contribution in [0.25, 0.3) is 0 Å². The van der Waals surface area contributed by atoms with Crippen LogP contribution < -0.4 is 5.48 Å². The summed E-state index contributed by atoms with van der Waals surface area (Å²) in [6.45, 7) is 2.12. The fraction of sp³-hybridized carbons (Fsp3) is 0.286. The molecule has 0 aliphatic heterocycles. The van der Waals surface area contributed by atoms with Gasteiger partial charge in [-0.1, -0.05) is 0 Å². The van der Waals surface area contributed by atoms with E-state index >= 15 is 0 Å². The van der Waals surface area contributed by atoms with Crippen molar-refractivity contribution in [3.05, 3.63) is 12.2 Å². The molecule has 0 heterocycles. The van der Waals surface area contributed by atoms with Crippen molar-refractivity contribution in [2.24, 2.45) is 5.16 Å². The molecule has 0 saturated heterocycles. The molecule has 1 amide bonds. The maximum absolute atomic E-state index is 10.5. The van der Waals surface area contributed by atoms with E-state index in [9.17, 15) is 9.59 Å². The van der Waals surface area contributed by atoms with Gasteiger partial charge in [-0.05, 0) is 12.1 Å². The second kappa shape index (κ2) is 7.74. The quantitative estimate of drug-likeness (QED) is 0.157. The number of carbonyl (C=O) groups excluding carboxylic acids is 2. The van der Waals surface area contributed by atoms with E-state index in [1.54, 1.807) is 6.92 Å². The molecule has 0 aromatic heterocycles. The van der Waals surface area contributed by atoms with Crippen LogP contribution in [-0.2, 0) is 19.2 Å². The highest BCUT2D eigenvalue weighted by Gasteiger charge is 1.97. The van der Waals surface area contributed by atoms with Gasteiger partial charge in [-0.2, -0.15) is 0 Å². The number of amides is 1. The van der Waals surface area contributed by atoms with Crippen molar-refractivity contribution in [1.82, 2.24) is 5.48 Å². The molecule has 0 radical (unpaired) electrons. The Bertz CT molecular complexity index is 248. The molecule has 0 fully saturated rings. The molecule has 0 unspecified atom stereocenters. The second-order valence-corrected chi connectivity index (χ2v) is 1.87. The van der Waals surface area contributed by atoms with Gasteiger partial charge in [-0.3, -0.25) is 14.8 Å². The van der Waals surface area contributed by atoms with E-state index < -0.39 is 5.91 Å². The molecule has 0 bridgehead atoms. The lowest BCUT2D eigenvalue weighted by Gasteiger charge is -1.96. The summed E-state index contributed by atoms with van der Waals surface area (Å²) in [5.41, 5.74) is 1.35. The van der Waals surface area contributed by atoms with E-state index in [2.05, 4.69) is 14.7 Å². The normalized spacial score (nSPS) is 11.1. The van der Waals surface area contributed by atoms with Gasteiger partial charge >= 0.3 is 0 Å². The van der Waals surface area contributed by atoms with Gasteiger partial charge in [0.05, 0.1) is 0 Å². The Labute approximate surface area is 79.9 Å². The molecule has 0 aliphatic carbocycles. The van der Waals surface area contributed by atoms with Crippen LogP contribution in [0.3, 0.4) is 0 Å². The Morgan fingerprint density at radius 2 is 2.29 bits per heavy atom. The number of nitrogens with zero attached hydrogens (tertiary/aromatic N) is 1. The molecular formula is C7H10N2O5. The molecule has 0 aromatic rings. The monoisotopic (exact) mass is 202 g/mol. The first-order chi connectivity index (χ1) is 6.74. The number of oxime groups is 1. The van der Waals surface area contributed by atoms with Crippen LogP contribution in [0.2, 0.25) is 0 Å². The minimum Gasteiger partial charge on any atom is -0.406 e. The minimum absolute atomic E-state index is 0.138. The Hall–Kier alpha value is -1.89. The number of hydrogen-bond acceptors (Lipinski definition) is 6. The molecule has 78 valence electrons. The topological polar surface area (TPSA) is 97.2 Å². The number of carbonyl (C=O) groups is 2. The number of hydroxylamine groups is 1. The number of ether oxygens (including phenoxy) is 1. The van der Waals surface area contributed by atoms with Crippen LogP contribution in [0.5, 0.6) is 0 Å². The lowest BCUT2D eigenvalue weighted by atomic mass is 10.5. The average Bonchev–Trinajstić information content (AvgIpc) is 2.21. The predicted octanol–water partition coefficient (Wildman–Crippen LogP) is -0.429. The third-order valence-corrected chi connectivity index (χ3v) is 0.940. The molecule has 0 aliphatic rings. The lowest BCUT2D eigenvalue weighted by Crippen LogP contribution is -2.15. The van der Waals surface area contributed by atoms with E-state index in [1.165, 1.54) is 5.48 Å². The maximum atomic E-state index is 10.5. The SMILES string of the molecule is CCON=C(/C=C/C(=O)NO)OC=O. The third-order valence-electron chi connectivity index (χ3n) is 0.940. The summed E-state index contributed by atoms with van der Waals surface area (Å²) in [6.07, 6.45) is 1.98. The van der Waals surface area contributed by atoms with Gasteiger partial charge in [0.2, 0.25) is 0 Å². The van der Waals surface area contributed by atoms with E-state index in [1.807, 2.05) is 0 Å². The zero-order valence-corrected chi connectivity index (χ0v) is 7.47. The molecule has 0 spiro atoms. The average molecular weight is 202 g/mol. The van der Waals surface area contributed by atoms with Crippen LogP contribution in [0, 0.1) is 0 Å². The lowest BCUT2D eigenvalue weighted by molar-refractivity contribution is -0.124. The van der Waals surface area contributed by atoms with Gasteiger partial charge in [0.25, 0.3) is 18.3 Å². The Kier molecular flexibility index (Phi) is 6.70. The summed E-state index contributed by atoms with van der Waals surface area (Å²) < 4.78 is 4.33. The van der Waals surface area contributed by atoms with Crippen molar-refractivity contribution in [3.63, 3.8) is 0 Å². The van der Waals surface area contributed by atoms with E-state index in [-0.39, 0.29) is 12.4 Å². The first-order valence-electron chi connectivity index (χ1n) is 3.67. The van der Waals surface area contributed by atoms with Crippen molar-refractivity contribution in [3.8, 4) is 0 Å². The van der Waals surface area contributed by atoms with Crippen molar-refractivity contribution in [1.29, 1.82) is 0 Å². The summed E-state index contributed by atoms with van der Waals surface area (Å²) in [7, 11) is 0. The molecule has 7 nitrogen and oxygen atoms in total. The highest BCUT2D eigenvalue weighted by Crippen LogP contribution is 1.86. The molecule has 2 N–H and O–H groups in total. The second-order valence-electron chi connectivity index (χ2n) is 1.87. The van der Waals surface area contributed by atoms with Crippen molar-refractivity contribution in [2.75, 3.05) is 6.61 Å². The van der Waals surface area contributed by atoms with Gasteiger partial charge < -0.3 is 9.57 Å². The van der Waals surface area contributed by atoms with Gasteiger partial charge in [0, 0.05) is 12.2 Å². The molecule has 0 saturated carbocycles. The van der Waals surface area contributed by atoms with Crippen LogP contribution in [0.4, 0.5) is 0 Å². The number of hydrogen-bond donors (Lipinski definition) is 2. The zero-order chi connectivity index (χ0) is 10.8. The Morgan fingerprint density at radius 1 is 1.57 bits per heavy atom. The van der Waals surface area contributed by atoms with Crippen LogP contribution in [0.1, 0.15) is 6.92 Å². The van der Waals surface area contributed by atoms with Crippen LogP contribution in [0.15, 0.2) is 17.3 Å². The smallest absolute Gasteiger partial charge is 0.299 e. The standard InChI is InChI=1S/C7H10N2O5/c1-2-14-9-7(13-5-10)4-3-6(11)8-12/h3-5,12H,2H2,1H3,(H,8,11)/b4-3+,9-7?. The number of nitrogens with one attached hydrogen (secondary N) is 1. The van der Waals surface area contributed by atoms with Gasteiger partial charge in [0.1, 0.15) is 6.61 Å². The summed E-state index contributed by atoms with van der Waals surface area (Å²) in [4.78, 5) is 25.0. The highest BCUT2D eigenvalue weighted by atomic mass is 16.6. The fourth-order valence-corrected chi connectivity index (χ4v) is 0.453. The minimum atomic E-state index is -0.774. The largest absolute Gasteiger partial charge is 0.406 e. The zero-order valence-electron chi connectivity index (χ0n) is 7.47. The van der Waals surface area contributed by atoms with Crippen molar-refractivity contribution >= 4 is 18.3 Å². The van der Waals surface area contributed by atoms with Gasteiger partial charge in [-0.15, -0.1) is 0 Å². The molecular weight excluding hydrogens is 192 g/mol. The maximum Gasteiger partial charge on any atom is 0.299 e. The van der Waals surface area contributed by atoms with Crippen molar-refractivity contribution in [2.45, 2.75) is 6.92 Å². The molecule has 0 aromatic carbocycles. The fourth-order valence-electron chi connectivity index (χ4n) is 0.453. The third kappa shape index (κ3) is 5.72. The summed E-state index contributed by atoms with van der Waals surface area (Å²) in [5.74, 6) is -0.964. The molecule has 7 heteroatoms. The summed E-state index contributed by atoms with van der Waals surface area (Å²) in [5, 5.41) is 11.5. The first kappa shape index (κ1) is 12.1. The predicted molar refractivity (Wildman–Crippen MR) is 45.3 cm³/mol. The summed E-state index contributed by atoms with van der Waals surface area (Å²) >= 11 is 0. The molecule has 14 heavy (non-hydrogen) atoms. The molecule has 0 rings (SSSR count). The number of rotatable bonds is 5. The summed E-state index contributed by atoms with van der Waals surface area (Å²) in [6, 6.07) is 0. The first-order valence-corrected chi connectivity index (χ1v) is 3.67. The van der Waals surface area contributed by atoms with E-state index in [0.29, 0.717) is 6.61 Å². The Morgan fingerprint density at radius 3 is 2.79 bits per heavy atom. The van der Waals surface area contributed by atoms with E-state index in [0.717, 1.165) is 12.2 Å².